The Labute approximate surface area is 121 Å². The third-order valence-corrected chi connectivity index (χ3v) is 2.93. The molecule has 1 aromatic carbocycles. The van der Waals surface area contributed by atoms with E-state index in [4.69, 9.17) is 10.5 Å². The lowest BCUT2D eigenvalue weighted by molar-refractivity contribution is 0.249. The monoisotopic (exact) mass is 375 g/mol. The summed E-state index contributed by atoms with van der Waals surface area (Å²) in [4.78, 5) is 10.4. The van der Waals surface area contributed by atoms with E-state index in [1.807, 2.05) is 0 Å². The molecule has 0 aliphatic rings. The molecule has 0 saturated heterocycles. The number of hydrazone groups is 1. The maximum Gasteiger partial charge on any atom is 0.332 e. The molecule has 1 rings (SSSR count). The highest BCUT2D eigenvalue weighted by Crippen LogP contribution is 2.34. The molecular weight excluding hydrogens is 366 g/mol. The first kappa shape index (κ1) is 14.7. The van der Waals surface area contributed by atoms with Crippen LogP contribution in [-0.2, 0) is 0 Å². The molecule has 0 unspecified atom stereocenters. The first-order valence-corrected chi connectivity index (χ1v) is 6.44. The Morgan fingerprint density at radius 3 is 2.61 bits per heavy atom. The maximum atomic E-state index is 10.4. The number of ether oxygens (including phenoxy) is 1. The summed E-state index contributed by atoms with van der Waals surface area (Å²) >= 11 is 6.77. The van der Waals surface area contributed by atoms with E-state index in [1.165, 1.54) is 6.21 Å². The molecule has 0 aliphatic heterocycles. The maximum absolute atomic E-state index is 10.4. The van der Waals surface area contributed by atoms with Crippen molar-refractivity contribution in [2.45, 2.75) is 0 Å². The number of hydrogen-bond acceptors (Lipinski definition) is 3. The number of nitrogens with zero attached hydrogens (tertiary/aromatic N) is 1. The van der Waals surface area contributed by atoms with Crippen LogP contribution >= 0.6 is 31.9 Å². The fourth-order valence-electron chi connectivity index (χ4n) is 1.10. The summed E-state index contributed by atoms with van der Waals surface area (Å²) in [5, 5.41) is 3.67. The third-order valence-electron chi connectivity index (χ3n) is 1.75. The van der Waals surface area contributed by atoms with Crippen LogP contribution in [0.3, 0.4) is 0 Å². The molecule has 0 bridgehead atoms. The molecule has 7 heteroatoms. The number of rotatable bonds is 5. The predicted molar refractivity (Wildman–Crippen MR) is 77.8 cm³/mol. The molecular formula is C11H11Br2N3O2. The zero-order chi connectivity index (χ0) is 13.5. The van der Waals surface area contributed by atoms with E-state index in [0.29, 0.717) is 12.4 Å². The second kappa shape index (κ2) is 7.17. The van der Waals surface area contributed by atoms with Crippen molar-refractivity contribution in [2.75, 3.05) is 6.61 Å². The van der Waals surface area contributed by atoms with Gasteiger partial charge < -0.3 is 10.5 Å². The normalized spacial score (nSPS) is 10.3. The Hall–Kier alpha value is -1.34. The van der Waals surface area contributed by atoms with Gasteiger partial charge in [-0.1, -0.05) is 12.7 Å². The number of urea groups is 1. The number of carbonyl (C=O) groups is 1. The fraction of sp³-hybridized carbons (Fsp3) is 0.0909. The Balaban J connectivity index is 2.88. The zero-order valence-corrected chi connectivity index (χ0v) is 12.5. The second-order valence-corrected chi connectivity index (χ2v) is 4.86. The van der Waals surface area contributed by atoms with Crippen molar-refractivity contribution in [3.8, 4) is 5.75 Å². The van der Waals surface area contributed by atoms with Gasteiger partial charge in [-0.05, 0) is 49.6 Å². The van der Waals surface area contributed by atoms with Crippen LogP contribution in [0.25, 0.3) is 0 Å². The van der Waals surface area contributed by atoms with Crippen LogP contribution in [-0.4, -0.2) is 18.9 Å². The molecule has 5 nitrogen and oxygen atoms in total. The number of primary amides is 1. The van der Waals surface area contributed by atoms with Gasteiger partial charge in [-0.15, -0.1) is 0 Å². The number of benzene rings is 1. The van der Waals surface area contributed by atoms with Crippen LogP contribution in [0.4, 0.5) is 4.79 Å². The quantitative estimate of drug-likeness (QED) is 0.471. The van der Waals surface area contributed by atoms with Crippen LogP contribution < -0.4 is 15.9 Å². The number of nitrogens with one attached hydrogen (secondary N) is 1. The Bertz CT molecular complexity index is 466. The first-order valence-electron chi connectivity index (χ1n) is 4.86. The van der Waals surface area contributed by atoms with Crippen molar-refractivity contribution in [3.05, 3.63) is 39.3 Å². The number of hydrogen-bond donors (Lipinski definition) is 2. The molecule has 0 atom stereocenters. The van der Waals surface area contributed by atoms with Crippen molar-refractivity contribution in [3.63, 3.8) is 0 Å². The van der Waals surface area contributed by atoms with E-state index < -0.39 is 6.03 Å². The van der Waals surface area contributed by atoms with Crippen LogP contribution in [0.15, 0.2) is 38.8 Å². The first-order chi connectivity index (χ1) is 8.54. The molecule has 18 heavy (non-hydrogen) atoms. The lowest BCUT2D eigenvalue weighted by Gasteiger charge is -2.09. The largest absolute Gasteiger partial charge is 0.487 e. The molecule has 3 N–H and O–H groups in total. The van der Waals surface area contributed by atoms with Crippen LogP contribution in [0.5, 0.6) is 5.75 Å². The van der Waals surface area contributed by atoms with Gasteiger partial charge >= 0.3 is 6.03 Å². The molecule has 0 aromatic heterocycles. The average Bonchev–Trinajstić information content (AvgIpc) is 2.27. The van der Waals surface area contributed by atoms with Gasteiger partial charge in [0.15, 0.2) is 0 Å². The molecule has 0 saturated carbocycles. The summed E-state index contributed by atoms with van der Waals surface area (Å²) in [6.45, 7) is 3.99. The number of carbonyl (C=O) groups excluding carboxylic acids is 1. The fourth-order valence-corrected chi connectivity index (χ4v) is 2.56. The second-order valence-electron chi connectivity index (χ2n) is 3.15. The van der Waals surface area contributed by atoms with Gasteiger partial charge in [0.25, 0.3) is 0 Å². The van der Waals surface area contributed by atoms with E-state index in [-0.39, 0.29) is 0 Å². The van der Waals surface area contributed by atoms with Gasteiger partial charge in [-0.2, -0.15) is 5.10 Å². The lowest BCUT2D eigenvalue weighted by Crippen LogP contribution is -2.24. The highest BCUT2D eigenvalue weighted by molar-refractivity contribution is 9.11. The highest BCUT2D eigenvalue weighted by Gasteiger charge is 2.07. The Morgan fingerprint density at radius 1 is 1.50 bits per heavy atom. The minimum atomic E-state index is -0.713. The highest BCUT2D eigenvalue weighted by atomic mass is 79.9. The standard InChI is InChI=1S/C11H11Br2N3O2/c1-2-3-18-10-8(12)4-7(5-9(10)13)6-15-16-11(14)17/h2,4-6H,1,3H2,(H3,14,16,17)/b15-6-. The minimum absolute atomic E-state index is 0.411. The average molecular weight is 377 g/mol. The van der Waals surface area contributed by atoms with Crippen LogP contribution in [0, 0.1) is 0 Å². The molecule has 0 radical (unpaired) electrons. The van der Waals surface area contributed by atoms with Gasteiger partial charge in [0.1, 0.15) is 12.4 Å². The van der Waals surface area contributed by atoms with E-state index >= 15 is 0 Å². The summed E-state index contributed by atoms with van der Waals surface area (Å²) in [5.41, 5.74) is 7.77. The predicted octanol–water partition coefficient (Wildman–Crippen LogP) is 2.78. The topological polar surface area (TPSA) is 76.7 Å². The van der Waals surface area contributed by atoms with E-state index in [2.05, 4.69) is 49.0 Å². The third kappa shape index (κ3) is 4.50. The molecule has 2 amide bonds. The summed E-state index contributed by atoms with van der Waals surface area (Å²) < 4.78 is 6.99. The summed E-state index contributed by atoms with van der Waals surface area (Å²) in [7, 11) is 0. The molecule has 1 aromatic rings. The van der Waals surface area contributed by atoms with Crippen molar-refractivity contribution < 1.29 is 9.53 Å². The molecule has 0 heterocycles. The van der Waals surface area contributed by atoms with Gasteiger partial charge in [-0.25, -0.2) is 10.2 Å². The lowest BCUT2D eigenvalue weighted by atomic mass is 10.2. The van der Waals surface area contributed by atoms with Crippen molar-refractivity contribution in [2.24, 2.45) is 10.8 Å². The molecule has 0 fully saturated rings. The smallest absolute Gasteiger partial charge is 0.332 e. The van der Waals surface area contributed by atoms with Crippen molar-refractivity contribution in [1.82, 2.24) is 5.43 Å². The zero-order valence-electron chi connectivity index (χ0n) is 9.32. The molecule has 0 spiro atoms. The van der Waals surface area contributed by atoms with E-state index in [1.54, 1.807) is 18.2 Å². The molecule has 0 aliphatic carbocycles. The SMILES string of the molecule is C=CCOc1c(Br)cc(/C=N\NC(N)=O)cc1Br. The van der Waals surface area contributed by atoms with Crippen molar-refractivity contribution >= 4 is 44.1 Å². The Kier molecular flexibility index (Phi) is 5.87. The van der Waals surface area contributed by atoms with Crippen LogP contribution in [0.2, 0.25) is 0 Å². The van der Waals surface area contributed by atoms with Crippen molar-refractivity contribution in [1.29, 1.82) is 0 Å². The summed E-state index contributed by atoms with van der Waals surface area (Å²) in [6, 6.07) is 2.89. The van der Waals surface area contributed by atoms with Gasteiger partial charge in [-0.3, -0.25) is 0 Å². The van der Waals surface area contributed by atoms with Gasteiger partial charge in [0.05, 0.1) is 15.2 Å². The van der Waals surface area contributed by atoms with Crippen LogP contribution in [0.1, 0.15) is 5.56 Å². The Morgan fingerprint density at radius 2 is 2.11 bits per heavy atom. The van der Waals surface area contributed by atoms with E-state index in [9.17, 15) is 4.79 Å². The van der Waals surface area contributed by atoms with E-state index in [0.717, 1.165) is 14.5 Å². The minimum Gasteiger partial charge on any atom is -0.487 e. The summed E-state index contributed by atoms with van der Waals surface area (Å²) in [6.07, 6.45) is 3.13. The number of halogens is 2. The molecule has 96 valence electrons. The number of nitrogens with two attached hydrogens (primary N) is 1. The number of amides is 2. The summed E-state index contributed by atoms with van der Waals surface area (Å²) in [5.74, 6) is 0.676. The van der Waals surface area contributed by atoms with Gasteiger partial charge in [0.2, 0.25) is 0 Å². The van der Waals surface area contributed by atoms with Gasteiger partial charge in [0, 0.05) is 0 Å².